The molecule has 0 atom stereocenters. The Kier molecular flexibility index (Phi) is 9.72. The molecule has 0 aromatic heterocycles. The van der Waals surface area contributed by atoms with Gasteiger partial charge in [0.25, 0.3) is 11.8 Å². The Morgan fingerprint density at radius 3 is 2.28 bits per heavy atom. The van der Waals surface area contributed by atoms with Gasteiger partial charge in [0.15, 0.2) is 0 Å². The van der Waals surface area contributed by atoms with Crippen LogP contribution in [0.1, 0.15) is 21.5 Å². The summed E-state index contributed by atoms with van der Waals surface area (Å²) in [6.45, 7) is 1.96. The Hall–Kier alpha value is -4.14. The van der Waals surface area contributed by atoms with Crippen LogP contribution in [0, 0.1) is 6.92 Å². The van der Waals surface area contributed by atoms with Gasteiger partial charge in [-0.25, -0.2) is 0 Å². The van der Waals surface area contributed by atoms with Crippen molar-refractivity contribution in [3.8, 4) is 0 Å². The first-order valence-electron chi connectivity index (χ1n) is 12.1. The lowest BCUT2D eigenvalue weighted by atomic mass is 10.1. The fourth-order valence-corrected chi connectivity index (χ4v) is 4.63. The third kappa shape index (κ3) is 8.70. The number of hydrogen-bond donors (Lipinski definition) is 3. The molecule has 0 saturated carbocycles. The molecule has 8 heteroatoms. The first kappa shape index (κ1) is 27.9. The maximum atomic E-state index is 13.3. The summed E-state index contributed by atoms with van der Waals surface area (Å²) >= 11 is 4.73. The summed E-state index contributed by atoms with van der Waals surface area (Å²) in [4.78, 5) is 39.3. The second kappa shape index (κ2) is 13.6. The number of aryl methyl sites for hydroxylation is 1. The summed E-state index contributed by atoms with van der Waals surface area (Å²) in [7, 11) is 0. The summed E-state index contributed by atoms with van der Waals surface area (Å²) in [5, 5.41) is 8.48. The number of halogens is 1. The van der Waals surface area contributed by atoms with E-state index in [0.717, 1.165) is 26.2 Å². The van der Waals surface area contributed by atoms with Crippen LogP contribution in [0.15, 0.2) is 118 Å². The second-order valence-electron chi connectivity index (χ2n) is 8.62. The van der Waals surface area contributed by atoms with E-state index >= 15 is 0 Å². The Balaban J connectivity index is 1.45. The topological polar surface area (TPSA) is 87.3 Å². The first-order chi connectivity index (χ1) is 18.9. The highest BCUT2D eigenvalue weighted by Crippen LogP contribution is 2.23. The lowest BCUT2D eigenvalue weighted by Crippen LogP contribution is -2.30. The number of thioether (sulfide) groups is 1. The SMILES string of the molecule is Cc1cccc(/C=C(/NC(=O)c2ccccc2)C(=O)Nc2cccc(SCC(=O)Nc3ccc(Br)cc3)c2)c1. The molecular formula is C31H26BrN3O3S. The molecule has 0 bridgehead atoms. The van der Waals surface area contributed by atoms with Crippen LogP contribution in [-0.4, -0.2) is 23.5 Å². The van der Waals surface area contributed by atoms with Crippen LogP contribution >= 0.6 is 27.7 Å². The molecular weight excluding hydrogens is 574 g/mol. The Morgan fingerprint density at radius 2 is 1.54 bits per heavy atom. The zero-order valence-electron chi connectivity index (χ0n) is 21.1. The van der Waals surface area contributed by atoms with Crippen LogP contribution in [0.3, 0.4) is 0 Å². The van der Waals surface area contributed by atoms with E-state index in [4.69, 9.17) is 0 Å². The Bertz CT molecular complexity index is 1510. The highest BCUT2D eigenvalue weighted by Gasteiger charge is 2.15. The predicted octanol–water partition coefficient (Wildman–Crippen LogP) is 6.90. The number of hydrogen-bond acceptors (Lipinski definition) is 4. The maximum Gasteiger partial charge on any atom is 0.272 e. The van der Waals surface area contributed by atoms with Gasteiger partial charge in [-0.2, -0.15) is 0 Å². The van der Waals surface area contributed by atoms with Crippen LogP contribution in [0.25, 0.3) is 6.08 Å². The van der Waals surface area contributed by atoms with Gasteiger partial charge in [-0.05, 0) is 73.2 Å². The molecule has 39 heavy (non-hydrogen) atoms. The number of benzene rings is 4. The number of carbonyl (C=O) groups is 3. The molecule has 0 aliphatic rings. The lowest BCUT2D eigenvalue weighted by molar-refractivity contribution is -0.114. The standard InChI is InChI=1S/C31H26BrN3O3S/c1-21-7-5-8-22(17-21)18-28(35-30(37)23-9-3-2-4-10-23)31(38)34-26-11-6-12-27(19-26)39-20-29(36)33-25-15-13-24(32)14-16-25/h2-19H,20H2,1H3,(H,33,36)(H,34,38)(H,35,37)/b28-18+. The molecule has 0 heterocycles. The van der Waals surface area contributed by atoms with Gasteiger partial charge in [-0.1, -0.05) is 70.0 Å². The van der Waals surface area contributed by atoms with E-state index in [2.05, 4.69) is 31.9 Å². The van der Waals surface area contributed by atoms with Crippen molar-refractivity contribution in [2.24, 2.45) is 0 Å². The van der Waals surface area contributed by atoms with Crippen molar-refractivity contribution in [3.63, 3.8) is 0 Å². The van der Waals surface area contributed by atoms with Crippen molar-refractivity contribution in [3.05, 3.63) is 130 Å². The van der Waals surface area contributed by atoms with E-state index in [1.807, 2.05) is 67.6 Å². The van der Waals surface area contributed by atoms with Gasteiger partial charge in [0.05, 0.1) is 5.75 Å². The van der Waals surface area contributed by atoms with E-state index in [0.29, 0.717) is 11.3 Å². The number of rotatable bonds is 9. The van der Waals surface area contributed by atoms with Crippen LogP contribution in [0.5, 0.6) is 0 Å². The predicted molar refractivity (Wildman–Crippen MR) is 162 cm³/mol. The van der Waals surface area contributed by atoms with Gasteiger partial charge < -0.3 is 16.0 Å². The molecule has 196 valence electrons. The Labute approximate surface area is 240 Å². The first-order valence-corrected chi connectivity index (χ1v) is 13.9. The number of nitrogens with one attached hydrogen (secondary N) is 3. The van der Waals surface area contributed by atoms with E-state index in [-0.39, 0.29) is 23.3 Å². The third-order valence-corrected chi connectivity index (χ3v) is 6.99. The summed E-state index contributed by atoms with van der Waals surface area (Å²) in [6, 6.07) is 31.0. The van der Waals surface area contributed by atoms with Crippen LogP contribution in [0.4, 0.5) is 11.4 Å². The molecule has 0 unspecified atom stereocenters. The van der Waals surface area contributed by atoms with Crippen molar-refractivity contribution in [2.45, 2.75) is 11.8 Å². The summed E-state index contributed by atoms with van der Waals surface area (Å²) < 4.78 is 0.935. The highest BCUT2D eigenvalue weighted by molar-refractivity contribution is 9.10. The quantitative estimate of drug-likeness (QED) is 0.144. The van der Waals surface area contributed by atoms with Gasteiger partial charge >= 0.3 is 0 Å². The molecule has 0 saturated heterocycles. The monoisotopic (exact) mass is 599 g/mol. The molecule has 4 rings (SSSR count). The van der Waals surface area contributed by atoms with Gasteiger partial charge in [-0.3, -0.25) is 14.4 Å². The van der Waals surface area contributed by atoms with Crippen LogP contribution < -0.4 is 16.0 Å². The van der Waals surface area contributed by atoms with Gasteiger partial charge in [-0.15, -0.1) is 11.8 Å². The van der Waals surface area contributed by atoms with E-state index < -0.39 is 5.91 Å². The van der Waals surface area contributed by atoms with E-state index in [9.17, 15) is 14.4 Å². The fraction of sp³-hybridized carbons (Fsp3) is 0.0645. The number of amides is 3. The average molecular weight is 601 g/mol. The van der Waals surface area contributed by atoms with E-state index in [1.54, 1.807) is 48.5 Å². The zero-order chi connectivity index (χ0) is 27.6. The molecule has 0 fully saturated rings. The second-order valence-corrected chi connectivity index (χ2v) is 10.6. The average Bonchev–Trinajstić information content (AvgIpc) is 2.93. The molecule has 4 aromatic rings. The molecule has 3 N–H and O–H groups in total. The highest BCUT2D eigenvalue weighted by atomic mass is 79.9. The fourth-order valence-electron chi connectivity index (χ4n) is 3.61. The Morgan fingerprint density at radius 1 is 0.795 bits per heavy atom. The smallest absolute Gasteiger partial charge is 0.272 e. The maximum absolute atomic E-state index is 13.3. The molecule has 3 amide bonds. The molecule has 0 aliphatic heterocycles. The summed E-state index contributed by atoms with van der Waals surface area (Å²) in [6.07, 6.45) is 1.65. The van der Waals surface area contributed by atoms with Gasteiger partial charge in [0.2, 0.25) is 5.91 Å². The minimum atomic E-state index is -0.462. The van der Waals surface area contributed by atoms with Crippen molar-refractivity contribution in [1.29, 1.82) is 0 Å². The van der Waals surface area contributed by atoms with Crippen molar-refractivity contribution in [2.75, 3.05) is 16.4 Å². The summed E-state index contributed by atoms with van der Waals surface area (Å²) in [5.41, 5.74) is 3.64. The minimum Gasteiger partial charge on any atom is -0.325 e. The molecule has 0 aliphatic carbocycles. The largest absolute Gasteiger partial charge is 0.325 e. The van der Waals surface area contributed by atoms with Gasteiger partial charge in [0, 0.05) is 26.3 Å². The van der Waals surface area contributed by atoms with Crippen molar-refractivity contribution < 1.29 is 14.4 Å². The van der Waals surface area contributed by atoms with Gasteiger partial charge in [0.1, 0.15) is 5.70 Å². The van der Waals surface area contributed by atoms with Crippen LogP contribution in [0.2, 0.25) is 0 Å². The summed E-state index contributed by atoms with van der Waals surface area (Å²) in [5.74, 6) is -0.774. The normalized spacial score (nSPS) is 11.0. The third-order valence-electron chi connectivity index (χ3n) is 5.47. The van der Waals surface area contributed by atoms with Crippen molar-refractivity contribution in [1.82, 2.24) is 5.32 Å². The van der Waals surface area contributed by atoms with E-state index in [1.165, 1.54) is 11.8 Å². The minimum absolute atomic E-state index is 0.112. The van der Waals surface area contributed by atoms with Crippen LogP contribution in [-0.2, 0) is 9.59 Å². The lowest BCUT2D eigenvalue weighted by Gasteiger charge is -2.12. The zero-order valence-corrected chi connectivity index (χ0v) is 23.5. The molecule has 0 radical (unpaired) electrons. The number of carbonyl (C=O) groups excluding carboxylic acids is 3. The molecule has 6 nitrogen and oxygen atoms in total. The number of anilines is 2. The van der Waals surface area contributed by atoms with Crippen molar-refractivity contribution >= 4 is 62.9 Å². The molecule has 4 aromatic carbocycles. The molecule has 0 spiro atoms.